The smallest absolute Gasteiger partial charge is 0.0351 e. The first-order chi connectivity index (χ1) is 9.58. The Morgan fingerprint density at radius 3 is 1.86 bits per heavy atom. The molecular weight excluding hydrogens is 315 g/mol. The van der Waals surface area contributed by atoms with Crippen LogP contribution in [0.25, 0.3) is 0 Å². The van der Waals surface area contributed by atoms with Crippen LogP contribution in [0.5, 0.6) is 0 Å². The molecule has 0 spiro atoms. The minimum atomic E-state index is 0. The van der Waals surface area contributed by atoms with Crippen LogP contribution in [0.4, 0.5) is 0 Å². The standard InChI is InChI=1S/C18H30N2.2ClH/c1-14(2)13-18(20-11-9-19-10-12-20)17-7-5-16(6-8-17)15(3)4;;/h5-8,14-15,18-19H,9-13H2,1-4H3;2*1H/t18-;;/m0../s1. The van der Waals surface area contributed by atoms with Crippen molar-refractivity contribution in [1.29, 1.82) is 0 Å². The maximum absolute atomic E-state index is 3.46. The van der Waals surface area contributed by atoms with Crippen LogP contribution in [0.2, 0.25) is 0 Å². The summed E-state index contributed by atoms with van der Waals surface area (Å²) in [5, 5.41) is 3.46. The van der Waals surface area contributed by atoms with Gasteiger partial charge in [-0.15, -0.1) is 24.8 Å². The molecule has 1 atom stereocenters. The summed E-state index contributed by atoms with van der Waals surface area (Å²) in [6.07, 6.45) is 1.25. The Morgan fingerprint density at radius 1 is 0.909 bits per heavy atom. The molecule has 0 radical (unpaired) electrons. The lowest BCUT2D eigenvalue weighted by molar-refractivity contribution is 0.154. The van der Waals surface area contributed by atoms with Crippen LogP contribution < -0.4 is 5.32 Å². The van der Waals surface area contributed by atoms with Crippen molar-refractivity contribution in [2.75, 3.05) is 26.2 Å². The van der Waals surface area contributed by atoms with Crippen LogP contribution in [-0.2, 0) is 0 Å². The minimum absolute atomic E-state index is 0. The summed E-state index contributed by atoms with van der Waals surface area (Å²) in [5.41, 5.74) is 2.93. The third kappa shape index (κ3) is 6.08. The lowest BCUT2D eigenvalue weighted by Crippen LogP contribution is -2.45. The molecule has 2 nitrogen and oxygen atoms in total. The van der Waals surface area contributed by atoms with Crippen molar-refractivity contribution < 1.29 is 0 Å². The van der Waals surface area contributed by atoms with Crippen LogP contribution in [0.1, 0.15) is 57.2 Å². The monoisotopic (exact) mass is 346 g/mol. The number of hydrogen-bond acceptors (Lipinski definition) is 2. The molecule has 1 fully saturated rings. The molecule has 1 aliphatic rings. The number of nitrogens with zero attached hydrogens (tertiary/aromatic N) is 1. The molecule has 1 aliphatic heterocycles. The molecule has 4 heteroatoms. The van der Waals surface area contributed by atoms with E-state index in [2.05, 4.69) is 62.2 Å². The molecule has 1 aromatic rings. The normalized spacial score (nSPS) is 17.0. The van der Waals surface area contributed by atoms with E-state index in [1.165, 1.54) is 30.6 Å². The van der Waals surface area contributed by atoms with Gasteiger partial charge in [0.2, 0.25) is 0 Å². The highest BCUT2D eigenvalue weighted by Gasteiger charge is 2.22. The zero-order valence-electron chi connectivity index (χ0n) is 14.3. The maximum atomic E-state index is 3.46. The van der Waals surface area contributed by atoms with E-state index in [0.717, 1.165) is 19.0 Å². The van der Waals surface area contributed by atoms with Crippen LogP contribution >= 0.6 is 24.8 Å². The van der Waals surface area contributed by atoms with E-state index in [0.29, 0.717) is 12.0 Å². The Labute approximate surface area is 148 Å². The largest absolute Gasteiger partial charge is 0.314 e. The Hall–Kier alpha value is -0.280. The van der Waals surface area contributed by atoms with Crippen molar-refractivity contribution in [1.82, 2.24) is 10.2 Å². The lowest BCUT2D eigenvalue weighted by Gasteiger charge is -2.36. The molecule has 2 rings (SSSR count). The molecule has 0 saturated carbocycles. The van der Waals surface area contributed by atoms with Gasteiger partial charge in [0.25, 0.3) is 0 Å². The molecule has 1 aromatic carbocycles. The first kappa shape index (κ1) is 21.7. The van der Waals surface area contributed by atoms with E-state index < -0.39 is 0 Å². The predicted octanol–water partition coefficient (Wildman–Crippen LogP) is 4.65. The van der Waals surface area contributed by atoms with Gasteiger partial charge in [0, 0.05) is 32.2 Å². The Morgan fingerprint density at radius 2 is 1.41 bits per heavy atom. The molecule has 0 aliphatic carbocycles. The van der Waals surface area contributed by atoms with E-state index in [1.54, 1.807) is 0 Å². The van der Waals surface area contributed by atoms with E-state index in [1.807, 2.05) is 0 Å². The molecule has 22 heavy (non-hydrogen) atoms. The SMILES string of the molecule is CC(C)C[C@@H](c1ccc(C(C)C)cc1)N1CCNCC1.Cl.Cl. The third-order valence-corrected chi connectivity index (χ3v) is 4.27. The fourth-order valence-corrected chi connectivity index (χ4v) is 3.04. The fraction of sp³-hybridized carbons (Fsp3) is 0.667. The predicted molar refractivity (Wildman–Crippen MR) is 102 cm³/mol. The van der Waals surface area contributed by atoms with Crippen molar-refractivity contribution in [2.45, 2.75) is 46.1 Å². The first-order valence-electron chi connectivity index (χ1n) is 8.12. The highest BCUT2D eigenvalue weighted by Crippen LogP contribution is 2.29. The van der Waals surface area contributed by atoms with E-state index >= 15 is 0 Å². The van der Waals surface area contributed by atoms with Gasteiger partial charge in [0.1, 0.15) is 0 Å². The molecule has 1 N–H and O–H groups in total. The van der Waals surface area contributed by atoms with Gasteiger partial charge in [0.15, 0.2) is 0 Å². The average molecular weight is 347 g/mol. The Kier molecular flexibility index (Phi) is 10.4. The van der Waals surface area contributed by atoms with Gasteiger partial charge in [0.05, 0.1) is 0 Å². The quantitative estimate of drug-likeness (QED) is 0.834. The number of piperazine rings is 1. The van der Waals surface area contributed by atoms with Crippen LogP contribution in [-0.4, -0.2) is 31.1 Å². The summed E-state index contributed by atoms with van der Waals surface area (Å²) in [4.78, 5) is 2.65. The lowest BCUT2D eigenvalue weighted by atomic mass is 9.93. The molecule has 1 saturated heterocycles. The number of benzene rings is 1. The summed E-state index contributed by atoms with van der Waals surface area (Å²) in [7, 11) is 0. The van der Waals surface area contributed by atoms with Crippen LogP contribution in [0, 0.1) is 5.92 Å². The fourth-order valence-electron chi connectivity index (χ4n) is 3.04. The van der Waals surface area contributed by atoms with Crippen molar-refractivity contribution in [3.63, 3.8) is 0 Å². The van der Waals surface area contributed by atoms with Crippen LogP contribution in [0.3, 0.4) is 0 Å². The van der Waals surface area contributed by atoms with Gasteiger partial charge >= 0.3 is 0 Å². The van der Waals surface area contributed by atoms with Crippen molar-refractivity contribution >= 4 is 24.8 Å². The summed E-state index contributed by atoms with van der Waals surface area (Å²) in [5.74, 6) is 1.35. The second-order valence-corrected chi connectivity index (χ2v) is 6.75. The molecular formula is C18H32Cl2N2. The molecule has 0 bridgehead atoms. The topological polar surface area (TPSA) is 15.3 Å². The number of rotatable bonds is 5. The molecule has 0 amide bonds. The molecule has 0 aromatic heterocycles. The van der Waals surface area contributed by atoms with Gasteiger partial charge in [-0.05, 0) is 29.4 Å². The molecule has 1 heterocycles. The van der Waals surface area contributed by atoms with Gasteiger partial charge in [-0.2, -0.15) is 0 Å². The number of halogens is 2. The second-order valence-electron chi connectivity index (χ2n) is 6.75. The highest BCUT2D eigenvalue weighted by molar-refractivity contribution is 5.85. The second kappa shape index (κ2) is 10.5. The maximum Gasteiger partial charge on any atom is 0.0351 e. The summed E-state index contributed by atoms with van der Waals surface area (Å²) < 4.78 is 0. The Bertz CT molecular complexity index is 398. The minimum Gasteiger partial charge on any atom is -0.314 e. The van der Waals surface area contributed by atoms with Crippen molar-refractivity contribution in [3.05, 3.63) is 35.4 Å². The van der Waals surface area contributed by atoms with Crippen LogP contribution in [0.15, 0.2) is 24.3 Å². The first-order valence-corrected chi connectivity index (χ1v) is 8.12. The summed E-state index contributed by atoms with van der Waals surface area (Å²) in [6.45, 7) is 13.8. The van der Waals surface area contributed by atoms with E-state index in [4.69, 9.17) is 0 Å². The van der Waals surface area contributed by atoms with Gasteiger partial charge in [-0.3, -0.25) is 4.90 Å². The van der Waals surface area contributed by atoms with Gasteiger partial charge < -0.3 is 5.32 Å². The zero-order chi connectivity index (χ0) is 14.5. The van der Waals surface area contributed by atoms with Gasteiger partial charge in [-0.1, -0.05) is 52.0 Å². The Balaban J connectivity index is 0.00000220. The zero-order valence-corrected chi connectivity index (χ0v) is 16.0. The molecule has 128 valence electrons. The van der Waals surface area contributed by atoms with E-state index in [9.17, 15) is 0 Å². The molecule has 0 unspecified atom stereocenters. The number of nitrogens with one attached hydrogen (secondary N) is 1. The number of hydrogen-bond donors (Lipinski definition) is 1. The summed E-state index contributed by atoms with van der Waals surface area (Å²) >= 11 is 0. The average Bonchev–Trinajstić information content (AvgIpc) is 2.45. The van der Waals surface area contributed by atoms with Gasteiger partial charge in [-0.25, -0.2) is 0 Å². The summed E-state index contributed by atoms with van der Waals surface area (Å²) in [6, 6.07) is 9.91. The van der Waals surface area contributed by atoms with Crippen molar-refractivity contribution in [3.8, 4) is 0 Å². The van der Waals surface area contributed by atoms with Crippen molar-refractivity contribution in [2.24, 2.45) is 5.92 Å². The third-order valence-electron chi connectivity index (χ3n) is 4.27. The van der Waals surface area contributed by atoms with E-state index in [-0.39, 0.29) is 24.8 Å². The highest BCUT2D eigenvalue weighted by atomic mass is 35.5.